The molecule has 1 amide bonds. The number of hydrogen-bond acceptors (Lipinski definition) is 6. The topological polar surface area (TPSA) is 96.9 Å². The zero-order valence-corrected chi connectivity index (χ0v) is 13.8. The first kappa shape index (κ1) is 15.5. The predicted molar refractivity (Wildman–Crippen MR) is 89.8 cm³/mol. The smallest absolute Gasteiger partial charge is 0.261 e. The third-order valence-corrected chi connectivity index (χ3v) is 4.32. The van der Waals surface area contributed by atoms with Gasteiger partial charge in [0.1, 0.15) is 12.2 Å². The molecule has 1 aliphatic rings. The van der Waals surface area contributed by atoms with Crippen LogP contribution in [0.3, 0.4) is 0 Å². The van der Waals surface area contributed by atoms with Crippen LogP contribution < -0.4 is 4.74 Å². The highest BCUT2D eigenvalue weighted by Crippen LogP contribution is 2.30. The van der Waals surface area contributed by atoms with Crippen molar-refractivity contribution in [3.63, 3.8) is 0 Å². The average molecular weight is 338 g/mol. The van der Waals surface area contributed by atoms with Crippen LogP contribution in [0.5, 0.6) is 5.88 Å². The van der Waals surface area contributed by atoms with Gasteiger partial charge in [0, 0.05) is 6.54 Å². The molecule has 4 rings (SSSR count). The number of amides is 1. The van der Waals surface area contributed by atoms with Crippen molar-refractivity contribution in [1.29, 1.82) is 0 Å². The standard InChI is InChI=1S/C17H18N6O2/c1-11-20-16(22-21-11)14-7-4-8-23(14)15(24)9-25-17-12-5-2-3-6-13(12)18-10-19-17/h2-3,5-6,10,14H,4,7-9H2,1H3,(H,20,21,22)/t14-/m0/s1. The van der Waals surface area contributed by atoms with Crippen LogP contribution in [0, 0.1) is 6.92 Å². The third-order valence-electron chi connectivity index (χ3n) is 4.32. The van der Waals surface area contributed by atoms with E-state index < -0.39 is 0 Å². The van der Waals surface area contributed by atoms with Gasteiger partial charge in [0.15, 0.2) is 12.4 Å². The Balaban J connectivity index is 1.48. The molecule has 2 aromatic heterocycles. The first-order valence-electron chi connectivity index (χ1n) is 8.23. The maximum absolute atomic E-state index is 12.6. The number of carbonyl (C=O) groups excluding carboxylic acids is 1. The monoisotopic (exact) mass is 338 g/mol. The van der Waals surface area contributed by atoms with Gasteiger partial charge in [0.25, 0.3) is 5.91 Å². The number of fused-ring (bicyclic) bond motifs is 1. The van der Waals surface area contributed by atoms with Crippen LogP contribution in [-0.4, -0.2) is 49.1 Å². The Morgan fingerprint density at radius 1 is 1.36 bits per heavy atom. The van der Waals surface area contributed by atoms with Gasteiger partial charge in [0.05, 0.1) is 16.9 Å². The highest BCUT2D eigenvalue weighted by atomic mass is 16.5. The summed E-state index contributed by atoms with van der Waals surface area (Å²) in [6.45, 7) is 2.47. The molecule has 0 unspecified atom stereocenters. The maximum atomic E-state index is 12.6. The highest BCUT2D eigenvalue weighted by Gasteiger charge is 2.32. The molecule has 3 aromatic rings. The first-order valence-corrected chi connectivity index (χ1v) is 8.23. The molecule has 1 N–H and O–H groups in total. The van der Waals surface area contributed by atoms with Gasteiger partial charge in [-0.2, -0.15) is 5.10 Å². The van der Waals surface area contributed by atoms with Gasteiger partial charge in [-0.3, -0.25) is 9.89 Å². The summed E-state index contributed by atoms with van der Waals surface area (Å²) in [7, 11) is 0. The number of ether oxygens (including phenoxy) is 1. The van der Waals surface area contributed by atoms with E-state index >= 15 is 0 Å². The fraction of sp³-hybridized carbons (Fsp3) is 0.353. The molecule has 1 aliphatic heterocycles. The van der Waals surface area contributed by atoms with E-state index in [9.17, 15) is 4.79 Å². The minimum Gasteiger partial charge on any atom is -0.467 e. The number of nitrogens with zero attached hydrogens (tertiary/aromatic N) is 5. The van der Waals surface area contributed by atoms with Gasteiger partial charge in [0.2, 0.25) is 5.88 Å². The van der Waals surface area contributed by atoms with E-state index in [2.05, 4.69) is 25.1 Å². The molecule has 0 aliphatic carbocycles. The second kappa shape index (κ2) is 6.46. The van der Waals surface area contributed by atoms with Crippen molar-refractivity contribution in [3.05, 3.63) is 42.2 Å². The largest absolute Gasteiger partial charge is 0.467 e. The molecular weight excluding hydrogens is 320 g/mol. The molecule has 128 valence electrons. The van der Waals surface area contributed by atoms with Crippen molar-refractivity contribution in [2.75, 3.05) is 13.2 Å². The molecule has 0 radical (unpaired) electrons. The van der Waals surface area contributed by atoms with E-state index in [1.807, 2.05) is 31.2 Å². The number of para-hydroxylation sites is 1. The molecule has 1 aromatic carbocycles. The van der Waals surface area contributed by atoms with Gasteiger partial charge >= 0.3 is 0 Å². The van der Waals surface area contributed by atoms with Gasteiger partial charge < -0.3 is 9.64 Å². The van der Waals surface area contributed by atoms with Crippen LogP contribution >= 0.6 is 0 Å². The summed E-state index contributed by atoms with van der Waals surface area (Å²) in [5.74, 6) is 1.74. The number of aromatic amines is 1. The minimum absolute atomic E-state index is 0.0685. The molecule has 0 spiro atoms. The van der Waals surface area contributed by atoms with Crippen LogP contribution in [0.4, 0.5) is 0 Å². The second-order valence-electron chi connectivity index (χ2n) is 6.01. The molecule has 0 bridgehead atoms. The lowest BCUT2D eigenvalue weighted by Crippen LogP contribution is -2.35. The van der Waals surface area contributed by atoms with Crippen molar-refractivity contribution in [2.45, 2.75) is 25.8 Å². The molecule has 1 fully saturated rings. The zero-order valence-electron chi connectivity index (χ0n) is 13.8. The summed E-state index contributed by atoms with van der Waals surface area (Å²) in [6.07, 6.45) is 3.23. The third kappa shape index (κ3) is 3.02. The Morgan fingerprint density at radius 2 is 2.24 bits per heavy atom. The second-order valence-corrected chi connectivity index (χ2v) is 6.01. The van der Waals surface area contributed by atoms with E-state index in [0.717, 1.165) is 29.6 Å². The summed E-state index contributed by atoms with van der Waals surface area (Å²) in [6, 6.07) is 7.46. The molecule has 0 saturated carbocycles. The molecule has 8 nitrogen and oxygen atoms in total. The van der Waals surface area contributed by atoms with Crippen molar-refractivity contribution >= 4 is 16.8 Å². The predicted octanol–water partition coefficient (Wildman–Crippen LogP) is 1.80. The molecular formula is C17H18N6O2. The van der Waals surface area contributed by atoms with Crippen molar-refractivity contribution in [1.82, 2.24) is 30.0 Å². The number of likely N-dealkylation sites (tertiary alicyclic amines) is 1. The van der Waals surface area contributed by atoms with Crippen LogP contribution in [0.1, 0.15) is 30.5 Å². The van der Waals surface area contributed by atoms with E-state index in [-0.39, 0.29) is 18.6 Å². The maximum Gasteiger partial charge on any atom is 0.261 e. The Kier molecular flexibility index (Phi) is 4.01. The number of carbonyl (C=O) groups is 1. The molecule has 3 heterocycles. The summed E-state index contributed by atoms with van der Waals surface area (Å²) in [4.78, 5) is 27.1. The lowest BCUT2D eigenvalue weighted by atomic mass is 10.2. The summed E-state index contributed by atoms with van der Waals surface area (Å²) >= 11 is 0. The van der Waals surface area contributed by atoms with E-state index in [0.29, 0.717) is 18.2 Å². The Bertz CT molecular complexity index is 904. The van der Waals surface area contributed by atoms with Gasteiger partial charge in [-0.25, -0.2) is 15.0 Å². The van der Waals surface area contributed by atoms with Gasteiger partial charge in [-0.15, -0.1) is 0 Å². The molecule has 1 saturated heterocycles. The fourth-order valence-electron chi connectivity index (χ4n) is 3.15. The van der Waals surface area contributed by atoms with Gasteiger partial charge in [-0.1, -0.05) is 12.1 Å². The number of nitrogens with one attached hydrogen (secondary N) is 1. The van der Waals surface area contributed by atoms with Crippen LogP contribution in [0.2, 0.25) is 0 Å². The van der Waals surface area contributed by atoms with Crippen molar-refractivity contribution in [2.24, 2.45) is 0 Å². The number of H-pyrrole nitrogens is 1. The summed E-state index contributed by atoms with van der Waals surface area (Å²) in [5.41, 5.74) is 0.787. The molecule has 25 heavy (non-hydrogen) atoms. The summed E-state index contributed by atoms with van der Waals surface area (Å²) < 4.78 is 5.69. The minimum atomic E-state index is -0.0943. The number of rotatable bonds is 4. The SMILES string of the molecule is Cc1nc([C@@H]2CCCN2C(=O)COc2ncnc3ccccc23)n[nH]1. The quantitative estimate of drug-likeness (QED) is 0.779. The Hall–Kier alpha value is -3.03. The van der Waals surface area contributed by atoms with Crippen LogP contribution in [-0.2, 0) is 4.79 Å². The number of hydrogen-bond donors (Lipinski definition) is 1. The fourth-order valence-corrected chi connectivity index (χ4v) is 3.15. The zero-order chi connectivity index (χ0) is 17.2. The van der Waals surface area contributed by atoms with Crippen LogP contribution in [0.25, 0.3) is 10.9 Å². The molecule has 8 heteroatoms. The average Bonchev–Trinajstić information content (AvgIpc) is 3.28. The Morgan fingerprint density at radius 3 is 3.08 bits per heavy atom. The normalized spacial score (nSPS) is 17.2. The van der Waals surface area contributed by atoms with Crippen molar-refractivity contribution in [3.8, 4) is 5.88 Å². The number of benzene rings is 1. The first-order chi connectivity index (χ1) is 12.2. The lowest BCUT2D eigenvalue weighted by Gasteiger charge is -2.22. The highest BCUT2D eigenvalue weighted by molar-refractivity contribution is 5.84. The van der Waals surface area contributed by atoms with Gasteiger partial charge in [-0.05, 0) is 31.9 Å². The van der Waals surface area contributed by atoms with E-state index in [1.165, 1.54) is 6.33 Å². The lowest BCUT2D eigenvalue weighted by molar-refractivity contribution is -0.134. The summed E-state index contributed by atoms with van der Waals surface area (Å²) in [5, 5.41) is 7.83. The number of aryl methyl sites for hydroxylation is 1. The van der Waals surface area contributed by atoms with E-state index in [4.69, 9.17) is 4.74 Å². The van der Waals surface area contributed by atoms with Crippen molar-refractivity contribution < 1.29 is 9.53 Å². The number of aromatic nitrogens is 5. The van der Waals surface area contributed by atoms with Crippen LogP contribution in [0.15, 0.2) is 30.6 Å². The molecule has 1 atom stereocenters. The Labute approximate surface area is 144 Å². The van der Waals surface area contributed by atoms with E-state index in [1.54, 1.807) is 4.90 Å².